The van der Waals surface area contributed by atoms with E-state index in [1.165, 1.54) is 24.1 Å². The van der Waals surface area contributed by atoms with Crippen molar-refractivity contribution in [2.24, 2.45) is 0 Å². The molecule has 0 saturated carbocycles. The second-order valence-electron chi connectivity index (χ2n) is 5.89. The molecule has 0 amide bonds. The minimum atomic E-state index is -0.310. The lowest BCUT2D eigenvalue weighted by molar-refractivity contribution is 0.1000. The Morgan fingerprint density at radius 2 is 2.23 bits per heavy atom. The van der Waals surface area contributed by atoms with Gasteiger partial charge in [0.25, 0.3) is 0 Å². The normalized spacial score (nSPS) is 17.7. The lowest BCUT2D eigenvalue weighted by Crippen LogP contribution is -2.40. The van der Waals surface area contributed by atoms with Gasteiger partial charge in [0.2, 0.25) is 0 Å². The molecule has 0 bridgehead atoms. The van der Waals surface area contributed by atoms with E-state index in [0.717, 1.165) is 37.4 Å². The summed E-state index contributed by atoms with van der Waals surface area (Å²) < 4.78 is 0. The van der Waals surface area contributed by atoms with E-state index >= 15 is 0 Å². The van der Waals surface area contributed by atoms with Crippen LogP contribution >= 0.6 is 11.3 Å². The molecule has 2 aromatic heterocycles. The summed E-state index contributed by atoms with van der Waals surface area (Å²) in [6, 6.07) is 4.13. The Labute approximate surface area is 135 Å². The van der Waals surface area contributed by atoms with Crippen LogP contribution in [0.25, 0.3) is 10.6 Å². The number of thiophene rings is 1. The molecule has 6 heteroatoms. The van der Waals surface area contributed by atoms with Crippen molar-refractivity contribution in [1.29, 1.82) is 0 Å². The summed E-state index contributed by atoms with van der Waals surface area (Å²) in [6.45, 7) is 4.37. The quantitative estimate of drug-likeness (QED) is 0.731. The molecule has 1 fully saturated rings. The fraction of sp³-hybridized carbons (Fsp3) is 0.562. The molecule has 0 unspecified atom stereocenters. The summed E-state index contributed by atoms with van der Waals surface area (Å²) in [6.07, 6.45) is 5.41. The number of hydrogen-bond donors (Lipinski definition) is 3. The maximum atomic E-state index is 10.2. The van der Waals surface area contributed by atoms with Crippen molar-refractivity contribution in [1.82, 2.24) is 20.4 Å². The van der Waals surface area contributed by atoms with Crippen molar-refractivity contribution in [3.63, 3.8) is 0 Å². The van der Waals surface area contributed by atoms with Crippen LogP contribution in [0.15, 0.2) is 23.7 Å². The van der Waals surface area contributed by atoms with Gasteiger partial charge in [0.05, 0.1) is 22.9 Å². The molecule has 1 saturated heterocycles. The molecule has 3 heterocycles. The fourth-order valence-corrected chi connectivity index (χ4v) is 3.71. The predicted molar refractivity (Wildman–Crippen MR) is 89.9 cm³/mol. The lowest BCUT2D eigenvalue weighted by atomic mass is 10.1. The molecule has 3 N–H and O–H groups in total. The van der Waals surface area contributed by atoms with Gasteiger partial charge in [-0.1, -0.05) is 12.5 Å². The van der Waals surface area contributed by atoms with E-state index in [0.29, 0.717) is 6.54 Å². The Hall–Kier alpha value is -1.21. The molecular weight excluding hydrogens is 296 g/mol. The van der Waals surface area contributed by atoms with Gasteiger partial charge in [-0.15, -0.1) is 11.3 Å². The van der Waals surface area contributed by atoms with E-state index in [1.54, 1.807) is 11.3 Å². The Bertz CT molecular complexity index is 548. The maximum absolute atomic E-state index is 10.2. The van der Waals surface area contributed by atoms with Crippen molar-refractivity contribution in [3.8, 4) is 10.6 Å². The molecule has 120 valence electrons. The molecule has 22 heavy (non-hydrogen) atoms. The van der Waals surface area contributed by atoms with Crippen molar-refractivity contribution in [3.05, 3.63) is 29.3 Å². The minimum Gasteiger partial charge on any atom is -0.390 e. The van der Waals surface area contributed by atoms with Crippen LogP contribution in [-0.2, 0) is 6.54 Å². The van der Waals surface area contributed by atoms with Gasteiger partial charge in [-0.25, -0.2) is 0 Å². The van der Waals surface area contributed by atoms with Gasteiger partial charge >= 0.3 is 0 Å². The Morgan fingerprint density at radius 3 is 3.00 bits per heavy atom. The molecule has 0 aliphatic carbocycles. The highest BCUT2D eigenvalue weighted by Gasteiger charge is 2.15. The van der Waals surface area contributed by atoms with Crippen LogP contribution in [0.5, 0.6) is 0 Å². The van der Waals surface area contributed by atoms with Crippen molar-refractivity contribution in [2.45, 2.75) is 31.9 Å². The first-order valence-corrected chi connectivity index (χ1v) is 8.88. The van der Waals surface area contributed by atoms with E-state index in [-0.39, 0.29) is 6.10 Å². The average molecular weight is 320 g/mol. The van der Waals surface area contributed by atoms with E-state index in [4.69, 9.17) is 0 Å². The number of nitrogens with one attached hydrogen (secondary N) is 2. The minimum absolute atomic E-state index is 0.310. The summed E-state index contributed by atoms with van der Waals surface area (Å²) in [7, 11) is 0. The van der Waals surface area contributed by atoms with Crippen LogP contribution in [-0.4, -0.2) is 52.5 Å². The fourth-order valence-electron chi connectivity index (χ4n) is 2.96. The number of piperidine rings is 1. The van der Waals surface area contributed by atoms with Crippen molar-refractivity contribution in [2.75, 3.05) is 26.2 Å². The number of aliphatic hydroxyl groups is 1. The van der Waals surface area contributed by atoms with Crippen LogP contribution in [0, 0.1) is 0 Å². The third-order valence-electron chi connectivity index (χ3n) is 4.10. The lowest BCUT2D eigenvalue weighted by Gasteiger charge is -2.28. The topological polar surface area (TPSA) is 64.2 Å². The zero-order valence-electron chi connectivity index (χ0n) is 12.8. The number of hydrogen-bond acceptors (Lipinski definition) is 5. The summed E-state index contributed by atoms with van der Waals surface area (Å²) in [5, 5.41) is 22.8. The number of aromatic nitrogens is 2. The molecule has 0 spiro atoms. The monoisotopic (exact) mass is 320 g/mol. The second-order valence-corrected chi connectivity index (χ2v) is 6.84. The van der Waals surface area contributed by atoms with Gasteiger partial charge in [0.15, 0.2) is 0 Å². The first-order valence-electron chi connectivity index (χ1n) is 8.00. The van der Waals surface area contributed by atoms with Crippen LogP contribution in [0.1, 0.15) is 24.8 Å². The summed E-state index contributed by atoms with van der Waals surface area (Å²) in [5.41, 5.74) is 2.22. The number of aliphatic hydroxyl groups excluding tert-OH is 1. The van der Waals surface area contributed by atoms with Crippen molar-refractivity contribution >= 4 is 11.3 Å². The van der Waals surface area contributed by atoms with Gasteiger partial charge in [-0.2, -0.15) is 5.10 Å². The number of aromatic amines is 1. The second kappa shape index (κ2) is 7.87. The molecule has 1 aliphatic rings. The zero-order valence-corrected chi connectivity index (χ0v) is 13.6. The summed E-state index contributed by atoms with van der Waals surface area (Å²) in [4.78, 5) is 3.56. The van der Waals surface area contributed by atoms with Gasteiger partial charge in [0, 0.05) is 25.2 Å². The molecule has 1 atom stereocenters. The standard InChI is InChI=1S/C16H24N4OS/c21-14(12-20-6-2-1-3-7-20)11-17-9-13-10-18-19-16(13)15-5-4-8-22-15/h4-5,8,10,14,17,21H,1-3,6-7,9,11-12H2,(H,18,19)/t14-/m0/s1. The molecule has 0 radical (unpaired) electrons. The third-order valence-corrected chi connectivity index (χ3v) is 4.99. The molecule has 1 aliphatic heterocycles. The van der Waals surface area contributed by atoms with Gasteiger partial charge in [0.1, 0.15) is 0 Å². The first-order chi connectivity index (χ1) is 10.8. The molecule has 2 aromatic rings. The number of rotatable bonds is 7. The van der Waals surface area contributed by atoms with E-state index in [2.05, 4.69) is 31.9 Å². The van der Waals surface area contributed by atoms with E-state index in [9.17, 15) is 5.11 Å². The highest BCUT2D eigenvalue weighted by Crippen LogP contribution is 2.25. The maximum Gasteiger partial charge on any atom is 0.0794 e. The number of likely N-dealkylation sites (tertiary alicyclic amines) is 1. The highest BCUT2D eigenvalue weighted by atomic mass is 32.1. The zero-order chi connectivity index (χ0) is 15.2. The van der Waals surface area contributed by atoms with Crippen LogP contribution in [0.4, 0.5) is 0 Å². The summed E-state index contributed by atoms with van der Waals surface area (Å²) >= 11 is 1.70. The number of β-amino-alcohol motifs (C(OH)–C–C–N with tert-alkyl or cyclic N) is 1. The van der Waals surface area contributed by atoms with Crippen LogP contribution in [0.3, 0.4) is 0 Å². The van der Waals surface area contributed by atoms with Gasteiger partial charge in [-0.05, 0) is 37.4 Å². The van der Waals surface area contributed by atoms with Crippen LogP contribution in [0.2, 0.25) is 0 Å². The average Bonchev–Trinajstić information content (AvgIpc) is 3.19. The van der Waals surface area contributed by atoms with E-state index in [1.807, 2.05) is 12.3 Å². The smallest absolute Gasteiger partial charge is 0.0794 e. The number of nitrogens with zero attached hydrogens (tertiary/aromatic N) is 2. The van der Waals surface area contributed by atoms with E-state index < -0.39 is 0 Å². The van der Waals surface area contributed by atoms with Gasteiger partial charge < -0.3 is 15.3 Å². The molecule has 5 nitrogen and oxygen atoms in total. The van der Waals surface area contributed by atoms with Gasteiger partial charge in [-0.3, -0.25) is 5.10 Å². The Balaban J connectivity index is 1.44. The van der Waals surface area contributed by atoms with Crippen molar-refractivity contribution < 1.29 is 5.11 Å². The Kier molecular flexibility index (Phi) is 5.61. The van der Waals surface area contributed by atoms with Crippen LogP contribution < -0.4 is 5.32 Å². The SMILES string of the molecule is O[C@@H](CNCc1cn[nH]c1-c1cccs1)CN1CCCCC1. The number of H-pyrrole nitrogens is 1. The third kappa shape index (κ3) is 4.16. The molecular formula is C16H24N4OS. The molecule has 0 aromatic carbocycles. The predicted octanol–water partition coefficient (Wildman–Crippen LogP) is 2.07. The highest BCUT2D eigenvalue weighted by molar-refractivity contribution is 7.13. The first kappa shape index (κ1) is 15.7. The Morgan fingerprint density at radius 1 is 1.36 bits per heavy atom. The summed E-state index contributed by atoms with van der Waals surface area (Å²) in [5.74, 6) is 0. The largest absolute Gasteiger partial charge is 0.390 e. The molecule has 3 rings (SSSR count).